The molecular weight excluding hydrogens is 366 g/mol. The van der Waals surface area contributed by atoms with Crippen LogP contribution in [0.4, 0.5) is 17.1 Å². The Labute approximate surface area is 149 Å². The van der Waals surface area contributed by atoms with Crippen molar-refractivity contribution in [3.63, 3.8) is 0 Å². The van der Waals surface area contributed by atoms with E-state index in [1.807, 2.05) is 0 Å². The van der Waals surface area contributed by atoms with E-state index in [1.54, 1.807) is 0 Å². The van der Waals surface area contributed by atoms with Crippen molar-refractivity contribution in [2.24, 2.45) is 0 Å². The van der Waals surface area contributed by atoms with Gasteiger partial charge in [0.15, 0.2) is 0 Å². The molecule has 0 aliphatic heterocycles. The van der Waals surface area contributed by atoms with Crippen LogP contribution in [0.2, 0.25) is 0 Å². The molecule has 0 saturated carbocycles. The van der Waals surface area contributed by atoms with E-state index in [-0.39, 0.29) is 27.7 Å². The summed E-state index contributed by atoms with van der Waals surface area (Å²) < 4.78 is 31.6. The van der Waals surface area contributed by atoms with Crippen LogP contribution in [-0.4, -0.2) is 32.4 Å². The first kappa shape index (κ1) is 19.1. The lowest BCUT2D eigenvalue weighted by molar-refractivity contribution is -0.385. The van der Waals surface area contributed by atoms with Crippen molar-refractivity contribution in [1.29, 1.82) is 0 Å². The molecule has 0 amide bonds. The van der Waals surface area contributed by atoms with E-state index in [9.17, 15) is 28.6 Å². The highest BCUT2D eigenvalue weighted by Crippen LogP contribution is 2.35. The lowest BCUT2D eigenvalue weighted by Crippen LogP contribution is -2.27. The summed E-state index contributed by atoms with van der Waals surface area (Å²) in [7, 11) is -1.74. The highest BCUT2D eigenvalue weighted by Gasteiger charge is 2.27. The number of nitrogens with zero attached hydrogens (tertiary/aromatic N) is 3. The summed E-state index contributed by atoms with van der Waals surface area (Å²) in [5, 5.41) is 22.0. The Morgan fingerprint density at radius 3 is 2.23 bits per heavy atom. The summed E-state index contributed by atoms with van der Waals surface area (Å²) in [5.41, 5.74) is -0.419. The Bertz CT molecular complexity index is 989. The van der Waals surface area contributed by atoms with E-state index < -0.39 is 19.9 Å². The number of non-ortho nitro benzene ring substituents is 1. The number of anilines is 1. The van der Waals surface area contributed by atoms with Gasteiger partial charge in [-0.15, -0.1) is 0 Å². The van der Waals surface area contributed by atoms with E-state index in [4.69, 9.17) is 4.74 Å². The van der Waals surface area contributed by atoms with Gasteiger partial charge in [-0.3, -0.25) is 24.5 Å². The first-order valence-corrected chi connectivity index (χ1v) is 8.60. The molecule has 0 aliphatic carbocycles. The summed E-state index contributed by atoms with van der Waals surface area (Å²) in [4.78, 5) is 20.4. The number of methoxy groups -OCH3 is 1. The third-order valence-electron chi connectivity index (χ3n) is 3.75. The maximum Gasteiger partial charge on any atom is 0.273 e. The van der Waals surface area contributed by atoms with Crippen molar-refractivity contribution in [3.05, 3.63) is 62.2 Å². The van der Waals surface area contributed by atoms with Crippen molar-refractivity contribution in [2.45, 2.75) is 11.8 Å². The van der Waals surface area contributed by atoms with Gasteiger partial charge in [0.25, 0.3) is 21.4 Å². The maximum absolute atomic E-state index is 12.8. The Kier molecular flexibility index (Phi) is 5.12. The molecule has 0 N–H and O–H groups in total. The number of nitro groups is 2. The molecule has 0 unspecified atom stereocenters. The van der Waals surface area contributed by atoms with Crippen LogP contribution in [-0.2, 0) is 10.0 Å². The van der Waals surface area contributed by atoms with Gasteiger partial charge in [0.2, 0.25) is 0 Å². The summed E-state index contributed by atoms with van der Waals surface area (Å²) in [6, 6.07) is 7.02. The SMILES string of the molecule is COc1ccc([N+](=O)[O-])cc1N(C)S(=O)(=O)c1ccc(C)c([N+](=O)[O-])c1. The van der Waals surface area contributed by atoms with Crippen molar-refractivity contribution in [2.75, 3.05) is 18.5 Å². The Morgan fingerprint density at radius 1 is 1.04 bits per heavy atom. The van der Waals surface area contributed by atoms with Gasteiger partial charge in [-0.05, 0) is 19.1 Å². The van der Waals surface area contributed by atoms with Gasteiger partial charge in [0.1, 0.15) is 11.4 Å². The van der Waals surface area contributed by atoms with Crippen LogP contribution in [0.5, 0.6) is 5.75 Å². The number of benzene rings is 2. The number of nitro benzene ring substituents is 2. The lowest BCUT2D eigenvalue weighted by atomic mass is 10.2. The molecule has 0 heterocycles. The first-order valence-electron chi connectivity index (χ1n) is 7.16. The Balaban J connectivity index is 2.60. The van der Waals surface area contributed by atoms with Gasteiger partial charge in [-0.25, -0.2) is 8.42 Å². The Hall–Kier alpha value is -3.21. The van der Waals surface area contributed by atoms with Gasteiger partial charge >= 0.3 is 0 Å². The number of aryl methyl sites for hydroxylation is 1. The summed E-state index contributed by atoms with van der Waals surface area (Å²) >= 11 is 0. The van der Waals surface area contributed by atoms with Crippen LogP contribution in [0, 0.1) is 27.2 Å². The van der Waals surface area contributed by atoms with Gasteiger partial charge in [0, 0.05) is 30.8 Å². The molecule has 2 aromatic rings. The number of hydrogen-bond acceptors (Lipinski definition) is 7. The van der Waals surface area contributed by atoms with Gasteiger partial charge < -0.3 is 4.74 Å². The van der Waals surface area contributed by atoms with Crippen LogP contribution in [0.25, 0.3) is 0 Å². The highest BCUT2D eigenvalue weighted by atomic mass is 32.2. The molecule has 0 aliphatic rings. The quantitative estimate of drug-likeness (QED) is 0.555. The molecule has 26 heavy (non-hydrogen) atoms. The molecule has 0 spiro atoms. The van der Waals surface area contributed by atoms with E-state index in [0.29, 0.717) is 5.56 Å². The van der Waals surface area contributed by atoms with Crippen molar-refractivity contribution in [3.8, 4) is 5.75 Å². The monoisotopic (exact) mass is 381 g/mol. The predicted molar refractivity (Wildman–Crippen MR) is 93.1 cm³/mol. The van der Waals surface area contributed by atoms with E-state index in [2.05, 4.69) is 0 Å². The third kappa shape index (κ3) is 3.42. The maximum atomic E-state index is 12.8. The molecule has 11 heteroatoms. The minimum Gasteiger partial charge on any atom is -0.495 e. The predicted octanol–water partition coefficient (Wildman–Crippen LogP) is 2.65. The molecule has 0 aromatic heterocycles. The second-order valence-electron chi connectivity index (χ2n) is 5.29. The molecular formula is C15H15N3O7S. The number of rotatable bonds is 6. The summed E-state index contributed by atoms with van der Waals surface area (Å²) in [6.07, 6.45) is 0. The molecule has 0 saturated heterocycles. The number of ether oxygens (including phenoxy) is 1. The second kappa shape index (κ2) is 6.96. The van der Waals surface area contributed by atoms with Gasteiger partial charge in [-0.1, -0.05) is 6.07 Å². The standard InChI is InChI=1S/C15H15N3O7S/c1-10-4-6-12(9-13(10)18(21)22)26(23,24)16(2)14-8-11(17(19)20)5-7-15(14)25-3/h4-9H,1-3H3. The minimum atomic E-state index is -4.21. The molecule has 10 nitrogen and oxygen atoms in total. The fraction of sp³-hybridized carbons (Fsp3) is 0.200. The van der Waals surface area contributed by atoms with E-state index in [1.165, 1.54) is 45.3 Å². The fourth-order valence-corrected chi connectivity index (χ4v) is 3.49. The van der Waals surface area contributed by atoms with Crippen LogP contribution in [0.1, 0.15) is 5.56 Å². The van der Waals surface area contributed by atoms with Crippen LogP contribution >= 0.6 is 0 Å². The lowest BCUT2D eigenvalue weighted by Gasteiger charge is -2.21. The fourth-order valence-electron chi connectivity index (χ4n) is 2.27. The zero-order valence-electron chi connectivity index (χ0n) is 14.1. The molecule has 2 aromatic carbocycles. The zero-order valence-corrected chi connectivity index (χ0v) is 14.9. The number of sulfonamides is 1. The average molecular weight is 381 g/mol. The molecule has 0 bridgehead atoms. The van der Waals surface area contributed by atoms with Crippen LogP contribution < -0.4 is 9.04 Å². The second-order valence-corrected chi connectivity index (χ2v) is 7.26. The minimum absolute atomic E-state index is 0.0649. The number of hydrogen-bond donors (Lipinski definition) is 0. The van der Waals surface area contributed by atoms with Crippen molar-refractivity contribution in [1.82, 2.24) is 0 Å². The van der Waals surface area contributed by atoms with Crippen LogP contribution in [0.3, 0.4) is 0 Å². The molecule has 0 atom stereocenters. The molecule has 0 radical (unpaired) electrons. The largest absolute Gasteiger partial charge is 0.495 e. The van der Waals surface area contributed by atoms with Crippen LogP contribution in [0.15, 0.2) is 41.3 Å². The van der Waals surface area contributed by atoms with E-state index in [0.717, 1.165) is 16.4 Å². The van der Waals surface area contributed by atoms with Gasteiger partial charge in [-0.2, -0.15) is 0 Å². The smallest absolute Gasteiger partial charge is 0.273 e. The van der Waals surface area contributed by atoms with Crippen molar-refractivity contribution < 1.29 is 23.0 Å². The summed E-state index contributed by atoms with van der Waals surface area (Å²) in [6.45, 7) is 1.49. The zero-order chi connectivity index (χ0) is 19.6. The summed E-state index contributed by atoms with van der Waals surface area (Å²) in [5.74, 6) is 0.100. The first-order chi connectivity index (χ1) is 12.1. The molecule has 0 fully saturated rings. The third-order valence-corrected chi connectivity index (χ3v) is 5.52. The Morgan fingerprint density at radius 2 is 1.69 bits per heavy atom. The highest BCUT2D eigenvalue weighted by molar-refractivity contribution is 7.92. The molecule has 138 valence electrons. The van der Waals surface area contributed by atoms with Crippen molar-refractivity contribution >= 4 is 27.1 Å². The van der Waals surface area contributed by atoms with Gasteiger partial charge in [0.05, 0.1) is 21.9 Å². The average Bonchev–Trinajstić information content (AvgIpc) is 2.60. The molecule has 2 rings (SSSR count). The van der Waals surface area contributed by atoms with E-state index >= 15 is 0 Å². The topological polar surface area (TPSA) is 133 Å². The normalized spacial score (nSPS) is 11.0.